The van der Waals surface area contributed by atoms with Gasteiger partial charge in [-0.15, -0.1) is 0 Å². The lowest BCUT2D eigenvalue weighted by Crippen LogP contribution is -2.45. The summed E-state index contributed by atoms with van der Waals surface area (Å²) < 4.78 is 1.80. The van der Waals surface area contributed by atoms with E-state index < -0.39 is 6.10 Å². The van der Waals surface area contributed by atoms with Gasteiger partial charge in [-0.25, -0.2) is 4.98 Å². The SMILES string of the molecule is Cc1nc(C(=O)N[C@H]2CCCC[C@@H]2O)cc(Cc2ccc(-c3ccn(C)n3)cc2)c1C. The zero-order valence-electron chi connectivity index (χ0n) is 18.4. The van der Waals surface area contributed by atoms with Gasteiger partial charge in [-0.1, -0.05) is 37.1 Å². The lowest BCUT2D eigenvalue weighted by molar-refractivity contribution is 0.0713. The van der Waals surface area contributed by atoms with E-state index in [1.807, 2.05) is 39.2 Å². The Morgan fingerprint density at radius 2 is 1.90 bits per heavy atom. The number of carbonyl (C=O) groups is 1. The van der Waals surface area contributed by atoms with Gasteiger partial charge in [0.15, 0.2) is 0 Å². The Labute approximate surface area is 183 Å². The molecule has 2 atom stereocenters. The van der Waals surface area contributed by atoms with Crippen LogP contribution < -0.4 is 5.32 Å². The van der Waals surface area contributed by atoms with Gasteiger partial charge in [0.2, 0.25) is 0 Å². The van der Waals surface area contributed by atoms with Gasteiger partial charge in [0.1, 0.15) is 5.69 Å². The fourth-order valence-corrected chi connectivity index (χ4v) is 4.21. The summed E-state index contributed by atoms with van der Waals surface area (Å²) in [5, 5.41) is 17.6. The van der Waals surface area contributed by atoms with Gasteiger partial charge >= 0.3 is 0 Å². The zero-order chi connectivity index (χ0) is 22.0. The molecule has 2 heterocycles. The lowest BCUT2D eigenvalue weighted by atomic mass is 9.92. The number of benzene rings is 1. The highest BCUT2D eigenvalue weighted by atomic mass is 16.3. The Kier molecular flexibility index (Phi) is 6.18. The number of carbonyl (C=O) groups excluding carboxylic acids is 1. The minimum absolute atomic E-state index is 0.188. The highest BCUT2D eigenvalue weighted by Crippen LogP contribution is 2.22. The molecule has 2 aromatic heterocycles. The number of pyridine rings is 1. The van der Waals surface area contributed by atoms with Crippen molar-refractivity contribution >= 4 is 5.91 Å². The highest BCUT2D eigenvalue weighted by Gasteiger charge is 2.25. The summed E-state index contributed by atoms with van der Waals surface area (Å²) in [4.78, 5) is 17.4. The van der Waals surface area contributed by atoms with Crippen molar-refractivity contribution in [1.82, 2.24) is 20.1 Å². The van der Waals surface area contributed by atoms with E-state index in [0.29, 0.717) is 5.69 Å². The molecule has 0 bridgehead atoms. The van der Waals surface area contributed by atoms with Gasteiger partial charge in [-0.05, 0) is 61.9 Å². The standard InChI is InChI=1S/C25H30N4O2/c1-16-17(2)26-23(25(31)27-22-6-4-5-7-24(22)30)15-20(16)14-18-8-10-19(11-9-18)21-12-13-29(3)28-21/h8-13,15,22,24,30H,4-7,14H2,1-3H3,(H,27,31)/t22-,24-/m0/s1. The highest BCUT2D eigenvalue weighted by molar-refractivity contribution is 5.92. The average Bonchev–Trinajstić information content (AvgIpc) is 3.19. The first kappa shape index (κ1) is 21.2. The van der Waals surface area contributed by atoms with Crippen LogP contribution in [0.25, 0.3) is 11.3 Å². The second kappa shape index (κ2) is 9.02. The van der Waals surface area contributed by atoms with Crippen LogP contribution in [0.1, 0.15) is 58.6 Å². The number of aliphatic hydroxyl groups is 1. The number of nitrogens with zero attached hydrogens (tertiary/aromatic N) is 3. The third-order valence-electron chi connectivity index (χ3n) is 6.26. The maximum atomic E-state index is 12.8. The molecule has 31 heavy (non-hydrogen) atoms. The molecule has 162 valence electrons. The van der Waals surface area contributed by atoms with Crippen LogP contribution in [0, 0.1) is 13.8 Å². The molecule has 0 spiro atoms. The van der Waals surface area contributed by atoms with Crippen LogP contribution in [0.5, 0.6) is 0 Å². The van der Waals surface area contributed by atoms with Crippen molar-refractivity contribution in [2.45, 2.75) is 58.1 Å². The number of aliphatic hydroxyl groups excluding tert-OH is 1. The van der Waals surface area contributed by atoms with Crippen LogP contribution in [0.15, 0.2) is 42.6 Å². The molecule has 0 saturated heterocycles. The molecule has 0 unspecified atom stereocenters. The molecule has 3 aromatic rings. The number of nitrogens with one attached hydrogen (secondary N) is 1. The molecule has 1 fully saturated rings. The van der Waals surface area contributed by atoms with E-state index in [1.165, 1.54) is 5.56 Å². The topological polar surface area (TPSA) is 80.0 Å². The van der Waals surface area contributed by atoms with Crippen LogP contribution in [0.4, 0.5) is 0 Å². The average molecular weight is 419 g/mol. The predicted octanol–water partition coefficient (Wildman–Crippen LogP) is 3.72. The summed E-state index contributed by atoms with van der Waals surface area (Å²) in [6.07, 6.45) is 5.79. The van der Waals surface area contributed by atoms with Crippen molar-refractivity contribution in [1.29, 1.82) is 0 Å². The molecular formula is C25H30N4O2. The van der Waals surface area contributed by atoms with Gasteiger partial charge in [0.05, 0.1) is 17.8 Å². The van der Waals surface area contributed by atoms with Crippen LogP contribution in [-0.2, 0) is 13.5 Å². The summed E-state index contributed by atoms with van der Waals surface area (Å²) >= 11 is 0. The van der Waals surface area contributed by atoms with E-state index in [0.717, 1.165) is 60.2 Å². The van der Waals surface area contributed by atoms with Gasteiger partial charge in [0, 0.05) is 24.5 Å². The van der Waals surface area contributed by atoms with E-state index in [9.17, 15) is 9.90 Å². The Morgan fingerprint density at radius 3 is 2.58 bits per heavy atom. The van der Waals surface area contributed by atoms with Crippen molar-refractivity contribution < 1.29 is 9.90 Å². The number of aromatic nitrogens is 3. The third kappa shape index (κ3) is 4.85. The van der Waals surface area contributed by atoms with Crippen molar-refractivity contribution in [2.24, 2.45) is 7.05 Å². The fraction of sp³-hybridized carbons (Fsp3) is 0.400. The quantitative estimate of drug-likeness (QED) is 0.662. The number of hydrogen-bond acceptors (Lipinski definition) is 4. The Bertz CT molecular complexity index is 1070. The molecule has 0 aliphatic heterocycles. The van der Waals surface area contributed by atoms with E-state index in [-0.39, 0.29) is 11.9 Å². The second-order valence-corrected chi connectivity index (χ2v) is 8.56. The number of aryl methyl sites for hydroxylation is 2. The molecule has 6 nitrogen and oxygen atoms in total. The largest absolute Gasteiger partial charge is 0.391 e. The van der Waals surface area contributed by atoms with Crippen LogP contribution >= 0.6 is 0 Å². The number of rotatable bonds is 5. The van der Waals surface area contributed by atoms with Crippen LogP contribution in [-0.4, -0.2) is 37.9 Å². The maximum Gasteiger partial charge on any atom is 0.270 e. The van der Waals surface area contributed by atoms with E-state index >= 15 is 0 Å². The van der Waals surface area contributed by atoms with Crippen LogP contribution in [0.2, 0.25) is 0 Å². The normalized spacial score (nSPS) is 18.7. The first-order chi connectivity index (χ1) is 14.9. The molecule has 6 heteroatoms. The summed E-state index contributed by atoms with van der Waals surface area (Å²) in [6, 6.07) is 12.1. The molecular weight excluding hydrogens is 388 g/mol. The molecule has 1 aliphatic carbocycles. The number of hydrogen-bond donors (Lipinski definition) is 2. The number of amides is 1. The molecule has 1 aromatic carbocycles. The van der Waals surface area contributed by atoms with Crippen molar-refractivity contribution in [2.75, 3.05) is 0 Å². The summed E-state index contributed by atoms with van der Waals surface area (Å²) in [5.41, 5.74) is 6.67. The van der Waals surface area contributed by atoms with Crippen LogP contribution in [0.3, 0.4) is 0 Å². The minimum atomic E-state index is -0.471. The smallest absolute Gasteiger partial charge is 0.270 e. The van der Waals surface area contributed by atoms with Gasteiger partial charge < -0.3 is 10.4 Å². The zero-order valence-corrected chi connectivity index (χ0v) is 18.4. The van der Waals surface area contributed by atoms with Gasteiger partial charge in [-0.3, -0.25) is 9.48 Å². The van der Waals surface area contributed by atoms with Gasteiger partial charge in [0.25, 0.3) is 5.91 Å². The fourth-order valence-electron chi connectivity index (χ4n) is 4.21. The summed E-state index contributed by atoms with van der Waals surface area (Å²) in [5.74, 6) is -0.208. The monoisotopic (exact) mass is 418 g/mol. The first-order valence-corrected chi connectivity index (χ1v) is 11.0. The van der Waals surface area contributed by atoms with E-state index in [1.54, 1.807) is 4.68 Å². The van der Waals surface area contributed by atoms with E-state index in [4.69, 9.17) is 0 Å². The predicted molar refractivity (Wildman–Crippen MR) is 121 cm³/mol. The molecule has 1 aliphatic rings. The maximum absolute atomic E-state index is 12.8. The van der Waals surface area contributed by atoms with E-state index in [2.05, 4.69) is 39.7 Å². The second-order valence-electron chi connectivity index (χ2n) is 8.56. The molecule has 4 rings (SSSR count). The first-order valence-electron chi connectivity index (χ1n) is 11.0. The summed E-state index contributed by atoms with van der Waals surface area (Å²) in [6.45, 7) is 3.99. The van der Waals surface area contributed by atoms with Crippen molar-refractivity contribution in [3.8, 4) is 11.3 Å². The Hall–Kier alpha value is -2.99. The van der Waals surface area contributed by atoms with Crippen molar-refractivity contribution in [3.05, 3.63) is 70.7 Å². The molecule has 1 saturated carbocycles. The Morgan fingerprint density at radius 1 is 1.16 bits per heavy atom. The van der Waals surface area contributed by atoms with Gasteiger partial charge in [-0.2, -0.15) is 5.10 Å². The molecule has 0 radical (unpaired) electrons. The minimum Gasteiger partial charge on any atom is -0.391 e. The molecule has 2 N–H and O–H groups in total. The third-order valence-corrected chi connectivity index (χ3v) is 6.26. The van der Waals surface area contributed by atoms with Crippen molar-refractivity contribution in [3.63, 3.8) is 0 Å². The molecule has 1 amide bonds. The summed E-state index contributed by atoms with van der Waals surface area (Å²) in [7, 11) is 1.91. The Balaban J connectivity index is 1.51. The lowest BCUT2D eigenvalue weighted by Gasteiger charge is -2.28.